The second-order valence-corrected chi connectivity index (χ2v) is 7.85. The number of carbonyl (C=O) groups excluding carboxylic acids is 1. The van der Waals surface area contributed by atoms with Crippen molar-refractivity contribution >= 4 is 34.4 Å². The van der Waals surface area contributed by atoms with Crippen molar-refractivity contribution in [1.82, 2.24) is 10.3 Å². The first-order chi connectivity index (χ1) is 15.5. The minimum Gasteiger partial charge on any atom is -0.401 e. The Kier molecular flexibility index (Phi) is 4.94. The fraction of sp³-hybridized carbons (Fsp3) is 0.0952. The summed E-state index contributed by atoms with van der Waals surface area (Å²) in [4.78, 5) is 28.1. The summed E-state index contributed by atoms with van der Waals surface area (Å²) < 4.78 is 19.3. The summed E-state index contributed by atoms with van der Waals surface area (Å²) in [6, 6.07) is 16.1. The van der Waals surface area contributed by atoms with Crippen molar-refractivity contribution < 1.29 is 18.5 Å². The summed E-state index contributed by atoms with van der Waals surface area (Å²) in [6.45, 7) is 0. The van der Waals surface area contributed by atoms with Crippen molar-refractivity contribution in [1.29, 1.82) is 0 Å². The third kappa shape index (κ3) is 3.52. The number of benzene rings is 2. The topological polar surface area (TPSA) is 113 Å². The van der Waals surface area contributed by atoms with Crippen molar-refractivity contribution in [2.24, 2.45) is 10.1 Å². The van der Waals surface area contributed by atoms with Gasteiger partial charge in [-0.05, 0) is 23.8 Å². The number of furan rings is 1. The van der Waals surface area contributed by atoms with Crippen molar-refractivity contribution in [3.8, 4) is 0 Å². The molecule has 11 heteroatoms. The van der Waals surface area contributed by atoms with Crippen LogP contribution in [0.3, 0.4) is 0 Å². The van der Waals surface area contributed by atoms with Crippen LogP contribution in [0.5, 0.6) is 0 Å². The molecule has 0 spiro atoms. The number of hydrogen-bond acceptors (Lipinski definition) is 8. The van der Waals surface area contributed by atoms with Crippen LogP contribution in [-0.4, -0.2) is 21.0 Å². The highest BCUT2D eigenvalue weighted by Gasteiger charge is 2.36. The number of para-hydroxylation sites is 1. The molecule has 0 radical (unpaired) electrons. The quantitative estimate of drug-likeness (QED) is 0.481. The zero-order valence-corrected chi connectivity index (χ0v) is 17.1. The number of nitrogens with one attached hydrogen (secondary N) is 1. The highest BCUT2D eigenvalue weighted by atomic mass is 32.2. The maximum absolute atomic E-state index is 14.0. The van der Waals surface area contributed by atoms with Gasteiger partial charge in [0.15, 0.2) is 10.9 Å². The van der Waals surface area contributed by atoms with E-state index in [0.29, 0.717) is 16.1 Å². The summed E-state index contributed by atoms with van der Waals surface area (Å²) in [5.41, 5.74) is 0.714. The Balaban J connectivity index is 1.56. The Morgan fingerprint density at radius 2 is 1.94 bits per heavy atom. The average Bonchev–Trinajstić information content (AvgIpc) is 3.28. The molecule has 2 aliphatic rings. The van der Waals surface area contributed by atoms with E-state index in [1.807, 2.05) is 0 Å². The summed E-state index contributed by atoms with van der Waals surface area (Å²) in [5, 5.41) is 21.1. The maximum Gasteiger partial charge on any atom is 0.433 e. The number of carbonyl (C=O) groups is 1. The molecule has 0 unspecified atom stereocenters. The Bertz CT molecular complexity index is 1400. The molecular weight excluding hydrogens is 437 g/mol. The van der Waals surface area contributed by atoms with E-state index in [1.54, 1.807) is 42.5 Å². The van der Waals surface area contributed by atoms with Crippen LogP contribution >= 0.6 is 11.8 Å². The Morgan fingerprint density at radius 3 is 2.72 bits per heavy atom. The lowest BCUT2D eigenvalue weighted by Gasteiger charge is -2.32. The molecule has 3 heterocycles. The van der Waals surface area contributed by atoms with Gasteiger partial charge in [0, 0.05) is 11.0 Å². The van der Waals surface area contributed by atoms with Gasteiger partial charge in [0.25, 0.3) is 5.91 Å². The summed E-state index contributed by atoms with van der Waals surface area (Å²) >= 11 is 1.16. The standard InChI is InChI=1S/C21H14FN5O4S/c22-14-7-3-1-5-12(14)11-32-21-24-20(28)18-13-6-2-4-8-15(13)23-19(26(18)25-21)16-9-10-17(31-16)27(29)30/h1-10,19H,11H2,(H,24,25,28)/t19-/m0/s1. The zero-order valence-electron chi connectivity index (χ0n) is 16.3. The minimum absolute atomic E-state index is 0.167. The number of hydrazone groups is 1. The lowest BCUT2D eigenvalue weighted by Crippen LogP contribution is -2.50. The Hall–Kier alpha value is -3.99. The molecule has 1 aromatic heterocycles. The van der Waals surface area contributed by atoms with E-state index in [-0.39, 0.29) is 28.2 Å². The van der Waals surface area contributed by atoms with Crippen molar-refractivity contribution in [2.45, 2.75) is 11.9 Å². The van der Waals surface area contributed by atoms with Crippen LogP contribution in [0.2, 0.25) is 0 Å². The van der Waals surface area contributed by atoms with Gasteiger partial charge >= 0.3 is 5.88 Å². The van der Waals surface area contributed by atoms with Gasteiger partial charge in [-0.25, -0.2) is 14.4 Å². The first-order valence-corrected chi connectivity index (χ1v) is 10.5. The fourth-order valence-corrected chi connectivity index (χ4v) is 4.26. The van der Waals surface area contributed by atoms with E-state index in [2.05, 4.69) is 15.4 Å². The molecule has 0 saturated carbocycles. The van der Waals surface area contributed by atoms with Crippen LogP contribution in [-0.2, 0) is 10.5 Å². The molecule has 0 saturated heterocycles. The smallest absolute Gasteiger partial charge is 0.401 e. The summed E-state index contributed by atoms with van der Waals surface area (Å²) in [6.07, 6.45) is -0.913. The van der Waals surface area contributed by atoms with Crippen molar-refractivity contribution in [3.05, 3.63) is 98.5 Å². The van der Waals surface area contributed by atoms with Crippen LogP contribution in [0.1, 0.15) is 17.5 Å². The number of halogens is 1. The lowest BCUT2D eigenvalue weighted by molar-refractivity contribution is -0.402. The van der Waals surface area contributed by atoms with Gasteiger partial charge in [-0.1, -0.05) is 48.2 Å². The van der Waals surface area contributed by atoms with Crippen LogP contribution in [0.4, 0.5) is 10.3 Å². The Labute approximate surface area is 184 Å². The summed E-state index contributed by atoms with van der Waals surface area (Å²) in [7, 11) is 0. The molecule has 9 nitrogen and oxygen atoms in total. The second kappa shape index (κ2) is 7.93. The monoisotopic (exact) mass is 451 g/mol. The van der Waals surface area contributed by atoms with E-state index in [9.17, 15) is 19.3 Å². The molecule has 3 aromatic rings. The number of amidine groups is 1. The molecule has 2 aromatic carbocycles. The lowest BCUT2D eigenvalue weighted by atomic mass is 10.1. The first-order valence-electron chi connectivity index (χ1n) is 9.48. The molecule has 1 amide bonds. The number of fused-ring (bicyclic) bond motifs is 2. The van der Waals surface area contributed by atoms with Gasteiger partial charge in [-0.2, -0.15) is 0 Å². The summed E-state index contributed by atoms with van der Waals surface area (Å²) in [5.74, 6) is -0.780. The molecule has 5 rings (SSSR count). The van der Waals surface area contributed by atoms with Gasteiger partial charge in [0.1, 0.15) is 16.4 Å². The zero-order chi connectivity index (χ0) is 22.2. The number of hydrogen-bond donors (Lipinski definition) is 1. The maximum atomic E-state index is 14.0. The third-order valence-electron chi connectivity index (χ3n) is 4.88. The predicted octanol–water partition coefficient (Wildman–Crippen LogP) is 2.40. The molecule has 2 aliphatic heterocycles. The highest BCUT2D eigenvalue weighted by Crippen LogP contribution is 2.33. The number of nitrogens with zero attached hydrogens (tertiary/aromatic N) is 4. The minimum atomic E-state index is -0.913. The van der Waals surface area contributed by atoms with Gasteiger partial charge in [0.05, 0.1) is 11.4 Å². The number of rotatable bonds is 4. The SMILES string of the molecule is O=C1NC(SCc2ccccc2F)=NN2C1=c1ccccc1=N[C@@H]2c1ccc([N+](=O)[O-])o1. The fourth-order valence-electron chi connectivity index (χ4n) is 3.42. The van der Waals surface area contributed by atoms with Crippen LogP contribution in [0.25, 0.3) is 5.70 Å². The second-order valence-electron chi connectivity index (χ2n) is 6.89. The molecule has 1 atom stereocenters. The average molecular weight is 451 g/mol. The van der Waals surface area contributed by atoms with Gasteiger partial charge in [-0.15, -0.1) is 5.10 Å². The van der Waals surface area contributed by atoms with Crippen LogP contribution in [0, 0.1) is 15.9 Å². The number of amides is 1. The highest BCUT2D eigenvalue weighted by molar-refractivity contribution is 8.13. The first kappa shape index (κ1) is 19.9. The van der Waals surface area contributed by atoms with Crippen LogP contribution in [0.15, 0.2) is 75.2 Å². The van der Waals surface area contributed by atoms with Crippen molar-refractivity contribution in [3.63, 3.8) is 0 Å². The molecule has 1 N–H and O–H groups in total. The molecule has 0 aliphatic carbocycles. The van der Waals surface area contributed by atoms with Gasteiger partial charge in [-0.3, -0.25) is 20.2 Å². The predicted molar refractivity (Wildman–Crippen MR) is 114 cm³/mol. The molecular formula is C21H14FN5O4S. The molecule has 32 heavy (non-hydrogen) atoms. The number of thioether (sulfide) groups is 1. The molecule has 160 valence electrons. The molecule has 0 bridgehead atoms. The Morgan fingerprint density at radius 1 is 1.16 bits per heavy atom. The molecule has 0 fully saturated rings. The third-order valence-corrected chi connectivity index (χ3v) is 5.80. The van der Waals surface area contributed by atoms with E-state index in [4.69, 9.17) is 4.42 Å². The van der Waals surface area contributed by atoms with Crippen LogP contribution < -0.4 is 15.9 Å². The van der Waals surface area contributed by atoms with Gasteiger partial charge < -0.3 is 4.42 Å². The van der Waals surface area contributed by atoms with E-state index < -0.39 is 22.9 Å². The number of nitro groups is 1. The van der Waals surface area contributed by atoms with E-state index >= 15 is 0 Å². The van der Waals surface area contributed by atoms with E-state index in [0.717, 1.165) is 11.8 Å². The largest absolute Gasteiger partial charge is 0.433 e. The van der Waals surface area contributed by atoms with Gasteiger partial charge in [0.2, 0.25) is 6.17 Å². The van der Waals surface area contributed by atoms with Crippen molar-refractivity contribution in [2.75, 3.05) is 0 Å². The normalized spacial score (nSPS) is 17.1. The van der Waals surface area contributed by atoms with E-state index in [1.165, 1.54) is 23.2 Å².